The Kier molecular flexibility index (Phi) is 5.12. The molecule has 0 aromatic heterocycles. The van der Waals surface area contributed by atoms with Crippen molar-refractivity contribution in [3.63, 3.8) is 0 Å². The number of β-amino-alcohol motifs (C(OH)–C–C–N with tert-alkyl or cyclic N) is 1. The Labute approximate surface area is 127 Å². The van der Waals surface area contributed by atoms with Crippen LogP contribution in [0.2, 0.25) is 0 Å². The molecule has 1 saturated carbocycles. The highest BCUT2D eigenvalue weighted by molar-refractivity contribution is 5.20. The average Bonchev–Trinajstić information content (AvgIpc) is 3.32. The molecule has 116 valence electrons. The SMILES string of the molecule is OC(COc1ccccc1)CN1CCN(CC2CC2)CC1. The molecule has 1 aromatic carbocycles. The second-order valence-corrected chi connectivity index (χ2v) is 6.32. The molecule has 1 aromatic rings. The first kappa shape index (κ1) is 14.8. The fourth-order valence-electron chi connectivity index (χ4n) is 2.88. The highest BCUT2D eigenvalue weighted by Gasteiger charge is 2.26. The third kappa shape index (κ3) is 4.99. The molecular formula is C17H26N2O2. The molecule has 1 unspecified atom stereocenters. The van der Waals surface area contributed by atoms with Gasteiger partial charge >= 0.3 is 0 Å². The molecule has 4 heteroatoms. The van der Waals surface area contributed by atoms with Gasteiger partial charge in [0.15, 0.2) is 0 Å². The summed E-state index contributed by atoms with van der Waals surface area (Å²) in [4.78, 5) is 4.92. The Morgan fingerprint density at radius 2 is 1.71 bits per heavy atom. The largest absolute Gasteiger partial charge is 0.491 e. The van der Waals surface area contributed by atoms with E-state index in [1.54, 1.807) is 0 Å². The van der Waals surface area contributed by atoms with Gasteiger partial charge in [0, 0.05) is 39.3 Å². The van der Waals surface area contributed by atoms with E-state index in [0.717, 1.165) is 37.8 Å². The third-order valence-corrected chi connectivity index (χ3v) is 4.33. The van der Waals surface area contributed by atoms with Gasteiger partial charge in [0.1, 0.15) is 18.5 Å². The molecule has 1 aliphatic heterocycles. The first-order chi connectivity index (χ1) is 10.3. The lowest BCUT2D eigenvalue weighted by Gasteiger charge is -2.35. The normalized spacial score (nSPS) is 22.1. The van der Waals surface area contributed by atoms with Crippen molar-refractivity contribution in [3.05, 3.63) is 30.3 Å². The molecule has 1 heterocycles. The van der Waals surface area contributed by atoms with Gasteiger partial charge in [-0.3, -0.25) is 4.90 Å². The fraction of sp³-hybridized carbons (Fsp3) is 0.647. The topological polar surface area (TPSA) is 35.9 Å². The molecule has 21 heavy (non-hydrogen) atoms. The van der Waals surface area contributed by atoms with Crippen LogP contribution in [0.1, 0.15) is 12.8 Å². The molecule has 0 spiro atoms. The quantitative estimate of drug-likeness (QED) is 0.824. The number of aliphatic hydroxyl groups excluding tert-OH is 1. The summed E-state index contributed by atoms with van der Waals surface area (Å²) in [6, 6.07) is 9.69. The number of rotatable bonds is 7. The zero-order chi connectivity index (χ0) is 14.5. The van der Waals surface area contributed by atoms with Crippen LogP contribution in [0.15, 0.2) is 30.3 Å². The molecular weight excluding hydrogens is 264 g/mol. The molecule has 0 amide bonds. The van der Waals surface area contributed by atoms with E-state index in [1.165, 1.54) is 19.4 Å². The smallest absolute Gasteiger partial charge is 0.119 e. The maximum absolute atomic E-state index is 10.1. The van der Waals surface area contributed by atoms with Crippen LogP contribution in [0.3, 0.4) is 0 Å². The van der Waals surface area contributed by atoms with E-state index < -0.39 is 6.10 Å². The van der Waals surface area contributed by atoms with Crippen molar-refractivity contribution in [2.75, 3.05) is 45.9 Å². The van der Waals surface area contributed by atoms with Crippen LogP contribution in [-0.4, -0.2) is 66.9 Å². The second-order valence-electron chi connectivity index (χ2n) is 6.32. The van der Waals surface area contributed by atoms with E-state index in [0.29, 0.717) is 13.2 Å². The molecule has 3 rings (SSSR count). The predicted molar refractivity (Wildman–Crippen MR) is 83.5 cm³/mol. The Morgan fingerprint density at radius 3 is 2.38 bits per heavy atom. The minimum absolute atomic E-state index is 0.367. The highest BCUT2D eigenvalue weighted by atomic mass is 16.5. The minimum Gasteiger partial charge on any atom is -0.491 e. The molecule has 4 nitrogen and oxygen atoms in total. The van der Waals surface area contributed by atoms with Gasteiger partial charge in [-0.15, -0.1) is 0 Å². The van der Waals surface area contributed by atoms with E-state index in [9.17, 15) is 5.11 Å². The van der Waals surface area contributed by atoms with Crippen LogP contribution in [0.4, 0.5) is 0 Å². The van der Waals surface area contributed by atoms with Crippen molar-refractivity contribution >= 4 is 0 Å². The molecule has 2 fully saturated rings. The Balaban J connectivity index is 1.32. The van der Waals surface area contributed by atoms with E-state index in [4.69, 9.17) is 4.74 Å². The Hall–Kier alpha value is -1.10. The number of aliphatic hydroxyl groups is 1. The lowest BCUT2D eigenvalue weighted by molar-refractivity contribution is 0.0452. The zero-order valence-corrected chi connectivity index (χ0v) is 12.7. The van der Waals surface area contributed by atoms with Crippen molar-refractivity contribution in [1.82, 2.24) is 9.80 Å². The summed E-state index contributed by atoms with van der Waals surface area (Å²) >= 11 is 0. The summed E-state index contributed by atoms with van der Waals surface area (Å²) in [6.45, 7) is 6.78. The van der Waals surface area contributed by atoms with Gasteiger partial charge in [-0.2, -0.15) is 0 Å². The number of benzene rings is 1. The molecule has 1 N–H and O–H groups in total. The molecule has 0 bridgehead atoms. The number of piperazine rings is 1. The van der Waals surface area contributed by atoms with Crippen molar-refractivity contribution in [2.24, 2.45) is 5.92 Å². The Bertz CT molecular complexity index is 414. The first-order valence-corrected chi connectivity index (χ1v) is 8.10. The minimum atomic E-state index is -0.416. The summed E-state index contributed by atoms with van der Waals surface area (Å²) < 4.78 is 5.60. The summed E-state index contributed by atoms with van der Waals surface area (Å²) in [6.07, 6.45) is 2.44. The van der Waals surface area contributed by atoms with Gasteiger partial charge in [0.2, 0.25) is 0 Å². The standard InChI is InChI=1S/C17H26N2O2/c20-16(14-21-17-4-2-1-3-5-17)13-19-10-8-18(9-11-19)12-15-6-7-15/h1-5,15-16,20H,6-14H2. The van der Waals surface area contributed by atoms with Crippen LogP contribution in [0.25, 0.3) is 0 Å². The van der Waals surface area contributed by atoms with Crippen LogP contribution >= 0.6 is 0 Å². The maximum atomic E-state index is 10.1. The van der Waals surface area contributed by atoms with Gasteiger partial charge < -0.3 is 14.7 Å². The van der Waals surface area contributed by atoms with Crippen molar-refractivity contribution in [2.45, 2.75) is 18.9 Å². The summed E-state index contributed by atoms with van der Waals surface area (Å²) in [5, 5.41) is 10.1. The van der Waals surface area contributed by atoms with Crippen molar-refractivity contribution in [1.29, 1.82) is 0 Å². The van der Waals surface area contributed by atoms with Gasteiger partial charge in [-0.25, -0.2) is 0 Å². The van der Waals surface area contributed by atoms with Gasteiger partial charge in [-0.05, 0) is 30.9 Å². The predicted octanol–water partition coefficient (Wildman–Crippen LogP) is 1.45. The molecule has 1 atom stereocenters. The van der Waals surface area contributed by atoms with Gasteiger partial charge in [0.05, 0.1) is 0 Å². The van der Waals surface area contributed by atoms with E-state index in [-0.39, 0.29) is 0 Å². The Morgan fingerprint density at radius 1 is 1.05 bits per heavy atom. The maximum Gasteiger partial charge on any atom is 0.119 e. The van der Waals surface area contributed by atoms with E-state index in [2.05, 4.69) is 9.80 Å². The van der Waals surface area contributed by atoms with E-state index >= 15 is 0 Å². The van der Waals surface area contributed by atoms with Gasteiger partial charge in [-0.1, -0.05) is 18.2 Å². The lowest BCUT2D eigenvalue weighted by atomic mass is 10.2. The second kappa shape index (κ2) is 7.25. The van der Waals surface area contributed by atoms with Crippen molar-refractivity contribution < 1.29 is 9.84 Å². The monoisotopic (exact) mass is 290 g/mol. The molecule has 2 aliphatic rings. The van der Waals surface area contributed by atoms with Crippen LogP contribution in [0.5, 0.6) is 5.75 Å². The van der Waals surface area contributed by atoms with Crippen LogP contribution in [0, 0.1) is 5.92 Å². The number of hydrogen-bond donors (Lipinski definition) is 1. The summed E-state index contributed by atoms with van der Waals surface area (Å²) in [5.74, 6) is 1.80. The summed E-state index contributed by atoms with van der Waals surface area (Å²) in [5.41, 5.74) is 0. The fourth-order valence-corrected chi connectivity index (χ4v) is 2.88. The third-order valence-electron chi connectivity index (χ3n) is 4.33. The molecule has 0 radical (unpaired) electrons. The number of hydrogen-bond acceptors (Lipinski definition) is 4. The zero-order valence-electron chi connectivity index (χ0n) is 12.7. The average molecular weight is 290 g/mol. The van der Waals surface area contributed by atoms with Gasteiger partial charge in [0.25, 0.3) is 0 Å². The number of para-hydroxylation sites is 1. The van der Waals surface area contributed by atoms with Crippen LogP contribution < -0.4 is 4.74 Å². The van der Waals surface area contributed by atoms with Crippen molar-refractivity contribution in [3.8, 4) is 5.75 Å². The lowest BCUT2D eigenvalue weighted by Crippen LogP contribution is -2.49. The van der Waals surface area contributed by atoms with E-state index in [1.807, 2.05) is 30.3 Å². The van der Waals surface area contributed by atoms with Crippen LogP contribution in [-0.2, 0) is 0 Å². The number of ether oxygens (including phenoxy) is 1. The first-order valence-electron chi connectivity index (χ1n) is 8.10. The number of nitrogens with zero attached hydrogens (tertiary/aromatic N) is 2. The molecule has 1 aliphatic carbocycles. The molecule has 1 saturated heterocycles. The summed E-state index contributed by atoms with van der Waals surface area (Å²) in [7, 11) is 0. The highest BCUT2D eigenvalue weighted by Crippen LogP contribution is 2.29.